The lowest BCUT2D eigenvalue weighted by molar-refractivity contribution is -0.137. The van der Waals surface area contributed by atoms with Crippen LogP contribution < -0.4 is 4.74 Å². The van der Waals surface area contributed by atoms with Crippen LogP contribution in [0.15, 0.2) is 18.2 Å². The Labute approximate surface area is 130 Å². The molecule has 0 amide bonds. The van der Waals surface area contributed by atoms with Crippen molar-refractivity contribution < 1.29 is 14.6 Å². The van der Waals surface area contributed by atoms with Gasteiger partial charge in [0.05, 0.1) is 12.1 Å². The number of carboxylic acid groups (broad SMARTS) is 1. The first-order chi connectivity index (χ1) is 10.1. The summed E-state index contributed by atoms with van der Waals surface area (Å²) in [4.78, 5) is 13.1. The summed E-state index contributed by atoms with van der Waals surface area (Å²) >= 11 is 6.15. The summed E-state index contributed by atoms with van der Waals surface area (Å²) in [6.07, 6.45) is 3.31. The molecule has 1 atom stereocenters. The van der Waals surface area contributed by atoms with Crippen molar-refractivity contribution in [2.45, 2.75) is 32.2 Å². The van der Waals surface area contributed by atoms with Crippen molar-refractivity contribution in [2.24, 2.45) is 5.92 Å². The first kappa shape index (κ1) is 16.1. The molecule has 1 aliphatic rings. The number of nitrogens with zero attached hydrogens (tertiary/aromatic N) is 1. The zero-order valence-electron chi connectivity index (χ0n) is 12.3. The fourth-order valence-corrected chi connectivity index (χ4v) is 3.20. The summed E-state index contributed by atoms with van der Waals surface area (Å²) in [5.74, 6) is 0.482. The van der Waals surface area contributed by atoms with E-state index in [0.29, 0.717) is 16.7 Å². The van der Waals surface area contributed by atoms with Gasteiger partial charge in [-0.25, -0.2) is 0 Å². The largest absolute Gasteiger partial charge is 0.495 e. The van der Waals surface area contributed by atoms with E-state index in [4.69, 9.17) is 21.4 Å². The summed E-state index contributed by atoms with van der Waals surface area (Å²) in [5, 5.41) is 9.42. The molecule has 0 spiro atoms. The molecule has 5 heteroatoms. The number of hydrogen-bond acceptors (Lipinski definition) is 3. The Kier molecular flexibility index (Phi) is 5.88. The molecule has 21 heavy (non-hydrogen) atoms. The lowest BCUT2D eigenvalue weighted by Crippen LogP contribution is -2.35. The quantitative estimate of drug-likeness (QED) is 0.874. The highest BCUT2D eigenvalue weighted by atomic mass is 35.5. The van der Waals surface area contributed by atoms with Gasteiger partial charge in [0, 0.05) is 19.5 Å². The molecule has 1 aliphatic heterocycles. The predicted molar refractivity (Wildman–Crippen MR) is 82.9 cm³/mol. The third-order valence-corrected chi connectivity index (χ3v) is 4.29. The number of carboxylic acids is 1. The molecule has 1 aromatic rings. The molecule has 1 aromatic carbocycles. The van der Waals surface area contributed by atoms with Gasteiger partial charge < -0.3 is 9.84 Å². The summed E-state index contributed by atoms with van der Waals surface area (Å²) in [7, 11) is 1.61. The molecular weight excluding hydrogens is 290 g/mol. The van der Waals surface area contributed by atoms with E-state index in [-0.39, 0.29) is 6.42 Å². The Morgan fingerprint density at radius 3 is 3.00 bits per heavy atom. The minimum atomic E-state index is -0.700. The highest BCUT2D eigenvalue weighted by Gasteiger charge is 2.20. The zero-order valence-corrected chi connectivity index (χ0v) is 13.1. The van der Waals surface area contributed by atoms with E-state index in [0.717, 1.165) is 38.9 Å². The monoisotopic (exact) mass is 311 g/mol. The fourth-order valence-electron chi connectivity index (χ4n) is 2.92. The molecule has 0 aromatic heterocycles. The molecule has 1 N–H and O–H groups in total. The lowest BCUT2D eigenvalue weighted by Gasteiger charge is -2.32. The molecule has 116 valence electrons. The van der Waals surface area contributed by atoms with Gasteiger partial charge in [-0.3, -0.25) is 9.69 Å². The maximum absolute atomic E-state index is 10.7. The Morgan fingerprint density at radius 2 is 2.33 bits per heavy atom. The fraction of sp³-hybridized carbons (Fsp3) is 0.562. The number of carbonyl (C=O) groups is 1. The summed E-state index contributed by atoms with van der Waals surface area (Å²) in [5.41, 5.74) is 1.17. The van der Waals surface area contributed by atoms with Crippen molar-refractivity contribution in [2.75, 3.05) is 20.2 Å². The van der Waals surface area contributed by atoms with E-state index < -0.39 is 5.97 Å². The van der Waals surface area contributed by atoms with Gasteiger partial charge in [0.25, 0.3) is 0 Å². The van der Waals surface area contributed by atoms with Gasteiger partial charge in [-0.1, -0.05) is 17.7 Å². The number of methoxy groups -OCH3 is 1. The van der Waals surface area contributed by atoms with Crippen molar-refractivity contribution in [3.05, 3.63) is 28.8 Å². The van der Waals surface area contributed by atoms with Crippen molar-refractivity contribution in [3.63, 3.8) is 0 Å². The Balaban J connectivity index is 1.90. The maximum atomic E-state index is 10.7. The molecular formula is C16H22ClNO3. The predicted octanol–water partition coefficient (Wildman–Crippen LogP) is 3.43. The van der Waals surface area contributed by atoms with Crippen molar-refractivity contribution in [1.29, 1.82) is 0 Å². The third kappa shape index (κ3) is 4.90. The van der Waals surface area contributed by atoms with Crippen molar-refractivity contribution in [1.82, 2.24) is 4.90 Å². The van der Waals surface area contributed by atoms with Crippen molar-refractivity contribution >= 4 is 17.6 Å². The normalized spacial score (nSPS) is 19.4. The third-order valence-electron chi connectivity index (χ3n) is 3.99. The lowest BCUT2D eigenvalue weighted by atomic mass is 9.93. The SMILES string of the molecule is COc1ccc(CN2CCCC(CCC(=O)O)C2)cc1Cl. The number of piperidine rings is 1. The summed E-state index contributed by atoms with van der Waals surface area (Å²) in [6.45, 7) is 2.89. The Hall–Kier alpha value is -1.26. The van der Waals surface area contributed by atoms with E-state index in [1.165, 1.54) is 5.56 Å². The molecule has 1 saturated heterocycles. The average molecular weight is 312 g/mol. The van der Waals surface area contributed by atoms with Crippen LogP contribution in [0.25, 0.3) is 0 Å². The number of halogens is 1. The van der Waals surface area contributed by atoms with E-state index in [9.17, 15) is 4.79 Å². The van der Waals surface area contributed by atoms with Crippen LogP contribution in [-0.2, 0) is 11.3 Å². The zero-order chi connectivity index (χ0) is 15.2. The average Bonchev–Trinajstić information content (AvgIpc) is 2.46. The minimum Gasteiger partial charge on any atom is -0.495 e. The van der Waals surface area contributed by atoms with Gasteiger partial charge >= 0.3 is 5.97 Å². The van der Waals surface area contributed by atoms with Crippen LogP contribution in [0.1, 0.15) is 31.2 Å². The highest BCUT2D eigenvalue weighted by Crippen LogP contribution is 2.27. The summed E-state index contributed by atoms with van der Waals surface area (Å²) < 4.78 is 5.16. The Morgan fingerprint density at radius 1 is 1.52 bits per heavy atom. The second kappa shape index (κ2) is 7.66. The van der Waals surface area contributed by atoms with Crippen molar-refractivity contribution in [3.8, 4) is 5.75 Å². The number of aliphatic carboxylic acids is 1. The second-order valence-electron chi connectivity index (χ2n) is 5.64. The van der Waals surface area contributed by atoms with Crippen LogP contribution in [0.4, 0.5) is 0 Å². The van der Waals surface area contributed by atoms with Crippen LogP contribution >= 0.6 is 11.6 Å². The number of ether oxygens (including phenoxy) is 1. The summed E-state index contributed by atoms with van der Waals surface area (Å²) in [6, 6.07) is 5.87. The van der Waals surface area contributed by atoms with E-state index in [1.54, 1.807) is 7.11 Å². The number of rotatable bonds is 6. The number of hydrogen-bond donors (Lipinski definition) is 1. The smallest absolute Gasteiger partial charge is 0.303 e. The van der Waals surface area contributed by atoms with E-state index >= 15 is 0 Å². The minimum absolute atomic E-state index is 0.271. The number of benzene rings is 1. The Bertz CT molecular complexity index is 492. The van der Waals surface area contributed by atoms with Gasteiger partial charge in [0.15, 0.2) is 0 Å². The van der Waals surface area contributed by atoms with Crippen LogP contribution in [0.2, 0.25) is 5.02 Å². The first-order valence-corrected chi connectivity index (χ1v) is 7.73. The van der Waals surface area contributed by atoms with Crippen LogP contribution in [0, 0.1) is 5.92 Å². The second-order valence-corrected chi connectivity index (χ2v) is 6.05. The van der Waals surface area contributed by atoms with E-state index in [1.807, 2.05) is 18.2 Å². The van der Waals surface area contributed by atoms with Crippen LogP contribution in [-0.4, -0.2) is 36.2 Å². The highest BCUT2D eigenvalue weighted by molar-refractivity contribution is 6.32. The molecule has 2 rings (SSSR count). The van der Waals surface area contributed by atoms with Gasteiger partial charge in [0.1, 0.15) is 5.75 Å². The van der Waals surface area contributed by atoms with Gasteiger partial charge in [-0.05, 0) is 49.4 Å². The molecule has 4 nitrogen and oxygen atoms in total. The number of likely N-dealkylation sites (tertiary alicyclic amines) is 1. The van der Waals surface area contributed by atoms with Crippen LogP contribution in [0.5, 0.6) is 5.75 Å². The van der Waals surface area contributed by atoms with Gasteiger partial charge in [0.2, 0.25) is 0 Å². The standard InChI is InChI=1S/C16H22ClNO3/c1-21-15-6-4-13(9-14(15)17)11-18-8-2-3-12(10-18)5-7-16(19)20/h4,6,9,12H,2-3,5,7-8,10-11H2,1H3,(H,19,20). The topological polar surface area (TPSA) is 49.8 Å². The van der Waals surface area contributed by atoms with Gasteiger partial charge in [-0.2, -0.15) is 0 Å². The molecule has 1 unspecified atom stereocenters. The maximum Gasteiger partial charge on any atom is 0.303 e. The molecule has 1 fully saturated rings. The van der Waals surface area contributed by atoms with Crippen LogP contribution in [0.3, 0.4) is 0 Å². The van der Waals surface area contributed by atoms with E-state index in [2.05, 4.69) is 4.90 Å². The van der Waals surface area contributed by atoms with Gasteiger partial charge in [-0.15, -0.1) is 0 Å². The molecule has 0 saturated carbocycles. The molecule has 1 heterocycles. The molecule has 0 bridgehead atoms. The molecule has 0 radical (unpaired) electrons. The first-order valence-electron chi connectivity index (χ1n) is 7.35. The molecule has 0 aliphatic carbocycles.